The van der Waals surface area contributed by atoms with Crippen LogP contribution in [0.1, 0.15) is 63.6 Å². The Balaban J connectivity index is 1.64. The van der Waals surface area contributed by atoms with Crippen molar-refractivity contribution in [1.29, 1.82) is 0 Å². The van der Waals surface area contributed by atoms with E-state index in [-0.39, 0.29) is 11.5 Å². The van der Waals surface area contributed by atoms with Crippen LogP contribution in [0.5, 0.6) is 0 Å². The number of nitrogen functional groups attached to an aromatic ring is 1. The molecule has 3 rings (SSSR count). The highest BCUT2D eigenvalue weighted by Gasteiger charge is 2.24. The van der Waals surface area contributed by atoms with Gasteiger partial charge in [0.1, 0.15) is 11.9 Å². The fourth-order valence-electron chi connectivity index (χ4n) is 2.40. The molecule has 0 radical (unpaired) electrons. The second kappa shape index (κ2) is 6.52. The standard InChI is InChI=1S/C15H23N5O2S/c1-15(2,3)11-8-17-12(22-11)9-23-14-19-18-13(20(14)16)10-6-4-5-7-21-10/h8,10H,4-7,9,16H2,1-3H3/t10-/m0/s1. The number of oxazole rings is 1. The summed E-state index contributed by atoms with van der Waals surface area (Å²) in [6.07, 6.45) is 4.90. The quantitative estimate of drug-likeness (QED) is 0.677. The maximum absolute atomic E-state index is 6.11. The fraction of sp³-hybridized carbons (Fsp3) is 0.667. The summed E-state index contributed by atoms with van der Waals surface area (Å²) in [4.78, 5) is 4.31. The van der Waals surface area contributed by atoms with Crippen molar-refractivity contribution in [3.05, 3.63) is 23.7 Å². The first-order valence-electron chi connectivity index (χ1n) is 7.85. The van der Waals surface area contributed by atoms with Gasteiger partial charge in [-0.15, -0.1) is 10.2 Å². The molecule has 2 N–H and O–H groups in total. The van der Waals surface area contributed by atoms with Crippen LogP contribution in [-0.4, -0.2) is 26.5 Å². The van der Waals surface area contributed by atoms with Crippen LogP contribution < -0.4 is 5.84 Å². The first kappa shape index (κ1) is 16.3. The molecule has 0 bridgehead atoms. The van der Waals surface area contributed by atoms with E-state index in [1.807, 2.05) is 0 Å². The van der Waals surface area contributed by atoms with Gasteiger partial charge in [0.05, 0.1) is 11.9 Å². The van der Waals surface area contributed by atoms with E-state index in [0.29, 0.717) is 22.6 Å². The van der Waals surface area contributed by atoms with Crippen LogP contribution in [-0.2, 0) is 15.9 Å². The van der Waals surface area contributed by atoms with Crippen LogP contribution >= 0.6 is 11.8 Å². The number of thioether (sulfide) groups is 1. The van der Waals surface area contributed by atoms with Gasteiger partial charge in [0.15, 0.2) is 5.82 Å². The third-order valence-electron chi connectivity index (χ3n) is 3.78. The van der Waals surface area contributed by atoms with Crippen LogP contribution in [0.3, 0.4) is 0 Å². The molecule has 1 aliphatic heterocycles. The summed E-state index contributed by atoms with van der Waals surface area (Å²) < 4.78 is 13.0. The van der Waals surface area contributed by atoms with Crippen molar-refractivity contribution in [1.82, 2.24) is 19.9 Å². The number of nitrogens with two attached hydrogens (primary N) is 1. The first-order chi connectivity index (χ1) is 10.9. The summed E-state index contributed by atoms with van der Waals surface area (Å²) >= 11 is 1.46. The Bertz CT molecular complexity index is 655. The van der Waals surface area contributed by atoms with Crippen molar-refractivity contribution < 1.29 is 9.15 Å². The second-order valence-electron chi connectivity index (χ2n) is 6.72. The van der Waals surface area contributed by atoms with Crippen molar-refractivity contribution in [3.8, 4) is 0 Å². The zero-order chi connectivity index (χ0) is 16.4. The average Bonchev–Trinajstić information content (AvgIpc) is 3.13. The average molecular weight is 337 g/mol. The molecule has 23 heavy (non-hydrogen) atoms. The third-order valence-corrected chi connectivity index (χ3v) is 4.70. The molecule has 8 heteroatoms. The van der Waals surface area contributed by atoms with E-state index in [0.717, 1.165) is 31.6 Å². The SMILES string of the molecule is CC(C)(C)c1cnc(CSc2nnc([C@@H]3CCCCO3)n2N)o1. The maximum Gasteiger partial charge on any atom is 0.210 e. The summed E-state index contributed by atoms with van der Waals surface area (Å²) in [5, 5.41) is 8.99. The summed E-state index contributed by atoms with van der Waals surface area (Å²) in [7, 11) is 0. The van der Waals surface area contributed by atoms with Gasteiger partial charge in [-0.25, -0.2) is 9.66 Å². The highest BCUT2D eigenvalue weighted by atomic mass is 32.2. The van der Waals surface area contributed by atoms with E-state index in [2.05, 4.69) is 36.0 Å². The maximum atomic E-state index is 6.11. The molecule has 3 heterocycles. The number of nitrogens with zero attached hydrogens (tertiary/aromatic N) is 4. The predicted molar refractivity (Wildman–Crippen MR) is 87.5 cm³/mol. The zero-order valence-corrected chi connectivity index (χ0v) is 14.6. The van der Waals surface area contributed by atoms with Crippen LogP contribution in [0.15, 0.2) is 15.8 Å². The molecule has 0 unspecified atom stereocenters. The lowest BCUT2D eigenvalue weighted by atomic mass is 9.94. The van der Waals surface area contributed by atoms with Gasteiger partial charge in [-0.05, 0) is 19.3 Å². The van der Waals surface area contributed by atoms with Crippen molar-refractivity contribution >= 4 is 11.8 Å². The van der Waals surface area contributed by atoms with Gasteiger partial charge in [0.25, 0.3) is 0 Å². The van der Waals surface area contributed by atoms with Crippen molar-refractivity contribution in [2.24, 2.45) is 0 Å². The third kappa shape index (κ3) is 3.69. The number of ether oxygens (including phenoxy) is 1. The second-order valence-corrected chi connectivity index (χ2v) is 7.67. The normalized spacial score (nSPS) is 19.2. The van der Waals surface area contributed by atoms with Gasteiger partial charge in [0, 0.05) is 12.0 Å². The number of hydrogen-bond donors (Lipinski definition) is 1. The summed E-state index contributed by atoms with van der Waals surface area (Å²) in [5.41, 5.74) is -0.0463. The van der Waals surface area contributed by atoms with E-state index < -0.39 is 0 Å². The Morgan fingerprint density at radius 3 is 2.83 bits per heavy atom. The number of rotatable bonds is 4. The van der Waals surface area contributed by atoms with Gasteiger partial charge < -0.3 is 15.0 Å². The summed E-state index contributed by atoms with van der Waals surface area (Å²) in [6.45, 7) is 7.04. The molecule has 2 aromatic rings. The highest BCUT2D eigenvalue weighted by Crippen LogP contribution is 2.29. The lowest BCUT2D eigenvalue weighted by molar-refractivity contribution is 0.00780. The largest absolute Gasteiger partial charge is 0.444 e. The molecule has 2 aromatic heterocycles. The molecule has 0 amide bonds. The Morgan fingerprint density at radius 1 is 1.35 bits per heavy atom. The molecule has 1 aliphatic rings. The van der Waals surface area contributed by atoms with E-state index in [4.69, 9.17) is 15.0 Å². The van der Waals surface area contributed by atoms with Crippen molar-refractivity contribution in [2.75, 3.05) is 12.4 Å². The van der Waals surface area contributed by atoms with Crippen molar-refractivity contribution in [3.63, 3.8) is 0 Å². The molecule has 1 atom stereocenters. The Labute approximate surface area is 140 Å². The van der Waals surface area contributed by atoms with Gasteiger partial charge in [-0.3, -0.25) is 0 Å². The number of aromatic nitrogens is 4. The van der Waals surface area contributed by atoms with Crippen LogP contribution in [0.2, 0.25) is 0 Å². The zero-order valence-electron chi connectivity index (χ0n) is 13.8. The van der Waals surface area contributed by atoms with Gasteiger partial charge in [0.2, 0.25) is 11.0 Å². The summed E-state index contributed by atoms with van der Waals surface area (Å²) in [5.74, 6) is 8.91. The lowest BCUT2D eigenvalue weighted by Gasteiger charge is -2.21. The minimum Gasteiger partial charge on any atom is -0.444 e. The van der Waals surface area contributed by atoms with Gasteiger partial charge in [-0.1, -0.05) is 32.5 Å². The smallest absolute Gasteiger partial charge is 0.210 e. The molecule has 0 aliphatic carbocycles. The van der Waals surface area contributed by atoms with E-state index in [9.17, 15) is 0 Å². The van der Waals surface area contributed by atoms with E-state index in [1.165, 1.54) is 16.4 Å². The molecule has 1 saturated heterocycles. The Hall–Kier alpha value is -1.54. The Kier molecular flexibility index (Phi) is 4.63. The van der Waals surface area contributed by atoms with Crippen LogP contribution in [0, 0.1) is 0 Å². The molecular formula is C15H23N5O2S. The van der Waals surface area contributed by atoms with Gasteiger partial charge >= 0.3 is 0 Å². The topological polar surface area (TPSA) is 92.0 Å². The number of hydrogen-bond acceptors (Lipinski definition) is 7. The van der Waals surface area contributed by atoms with E-state index in [1.54, 1.807) is 6.20 Å². The Morgan fingerprint density at radius 2 is 2.17 bits per heavy atom. The first-order valence-corrected chi connectivity index (χ1v) is 8.83. The fourth-order valence-corrected chi connectivity index (χ4v) is 3.12. The predicted octanol–water partition coefficient (Wildman–Crippen LogP) is 2.81. The minimum atomic E-state index is -0.0511. The molecule has 0 aromatic carbocycles. The van der Waals surface area contributed by atoms with Crippen LogP contribution in [0.4, 0.5) is 0 Å². The van der Waals surface area contributed by atoms with Gasteiger partial charge in [-0.2, -0.15) is 0 Å². The minimum absolute atomic E-state index is 0.0463. The monoisotopic (exact) mass is 337 g/mol. The highest BCUT2D eigenvalue weighted by molar-refractivity contribution is 7.98. The summed E-state index contributed by atoms with van der Waals surface area (Å²) in [6, 6.07) is 0. The molecule has 126 valence electrons. The molecule has 0 spiro atoms. The van der Waals surface area contributed by atoms with E-state index >= 15 is 0 Å². The van der Waals surface area contributed by atoms with Crippen molar-refractivity contribution in [2.45, 2.75) is 62.5 Å². The molecule has 0 saturated carbocycles. The van der Waals surface area contributed by atoms with Crippen LogP contribution in [0.25, 0.3) is 0 Å². The molecule has 1 fully saturated rings. The molecule has 7 nitrogen and oxygen atoms in total. The molecular weight excluding hydrogens is 314 g/mol. The lowest BCUT2D eigenvalue weighted by Crippen LogP contribution is -2.21.